The fraction of sp³-hybridized carbons (Fsp3) is 0.830. The van der Waals surface area contributed by atoms with E-state index in [1.54, 1.807) is 6.08 Å². The van der Waals surface area contributed by atoms with Gasteiger partial charge in [-0.1, -0.05) is 343 Å². The van der Waals surface area contributed by atoms with E-state index < -0.39 is 124 Å². The summed E-state index contributed by atoms with van der Waals surface area (Å²) < 4.78 is 34.5. The second-order valence-electron chi connectivity index (χ2n) is 30.6. The zero-order valence-corrected chi connectivity index (χ0v) is 66.9. The van der Waals surface area contributed by atoms with Crippen molar-refractivity contribution in [2.45, 2.75) is 439 Å². The molecule has 0 spiro atoms. The van der Waals surface area contributed by atoms with Crippen LogP contribution in [-0.4, -0.2) is 193 Å². The highest BCUT2D eigenvalue weighted by Crippen LogP contribution is 2.33. The van der Waals surface area contributed by atoms with Crippen LogP contribution in [0.3, 0.4) is 0 Å². The van der Waals surface area contributed by atoms with E-state index in [0.29, 0.717) is 6.42 Å². The van der Waals surface area contributed by atoms with Crippen LogP contribution in [0.15, 0.2) is 85.1 Å². The van der Waals surface area contributed by atoms with Gasteiger partial charge in [0.15, 0.2) is 18.9 Å². The Kier molecular flexibility index (Phi) is 61.9. The number of hydrogen-bond donors (Lipinski definition) is 12. The second kappa shape index (κ2) is 67.5. The molecule has 622 valence electrons. The lowest BCUT2D eigenvalue weighted by atomic mass is 9.96. The van der Waals surface area contributed by atoms with Gasteiger partial charge in [-0.05, 0) is 70.6 Å². The maximum atomic E-state index is 13.5. The highest BCUT2D eigenvalue weighted by atomic mass is 16.8. The summed E-state index contributed by atoms with van der Waals surface area (Å²) in [7, 11) is 0. The maximum absolute atomic E-state index is 13.5. The minimum Gasteiger partial charge on any atom is -0.394 e. The van der Waals surface area contributed by atoms with Gasteiger partial charge in [-0.15, -0.1) is 0 Å². The third-order valence-electron chi connectivity index (χ3n) is 21.2. The molecular weight excluding hydrogens is 1360 g/mol. The molecule has 3 fully saturated rings. The first kappa shape index (κ1) is 98.2. The Labute approximate surface area is 648 Å². The van der Waals surface area contributed by atoms with Crippen LogP contribution < -0.4 is 5.32 Å². The van der Waals surface area contributed by atoms with Crippen LogP contribution in [-0.2, 0) is 33.2 Å². The van der Waals surface area contributed by atoms with Crippen LogP contribution in [0.2, 0.25) is 0 Å². The molecule has 0 bridgehead atoms. The Morgan fingerprint density at radius 3 is 1.01 bits per heavy atom. The Morgan fingerprint density at radius 2 is 0.645 bits per heavy atom. The number of aliphatic hydroxyl groups is 11. The molecule has 3 aliphatic heterocycles. The number of unbranched alkanes of at least 4 members (excludes halogenated alkanes) is 41. The van der Waals surface area contributed by atoms with Crippen LogP contribution in [0, 0.1) is 0 Å². The molecule has 0 aromatic carbocycles. The van der Waals surface area contributed by atoms with Gasteiger partial charge in [-0.3, -0.25) is 4.79 Å². The topological polar surface area (TPSA) is 307 Å². The van der Waals surface area contributed by atoms with Crippen molar-refractivity contribution in [3.8, 4) is 0 Å². The summed E-state index contributed by atoms with van der Waals surface area (Å²) in [6, 6.07) is -0.981. The third kappa shape index (κ3) is 46.7. The molecule has 19 heteroatoms. The van der Waals surface area contributed by atoms with E-state index >= 15 is 0 Å². The third-order valence-corrected chi connectivity index (χ3v) is 21.2. The normalized spacial score (nSPS) is 25.9. The predicted octanol–water partition coefficient (Wildman–Crippen LogP) is 15.7. The van der Waals surface area contributed by atoms with Crippen molar-refractivity contribution in [2.75, 3.05) is 26.4 Å². The summed E-state index contributed by atoms with van der Waals surface area (Å²) in [6.07, 6.45) is 64.3. The summed E-state index contributed by atoms with van der Waals surface area (Å²) >= 11 is 0. The molecule has 3 rings (SSSR count). The summed E-state index contributed by atoms with van der Waals surface area (Å²) in [5, 5.41) is 121. The monoisotopic (exact) mass is 1520 g/mol. The number of aliphatic hydroxyl groups excluding tert-OH is 11. The average molecular weight is 1520 g/mol. The van der Waals surface area contributed by atoms with E-state index in [1.165, 1.54) is 212 Å². The standard InChI is InChI=1S/C88H157NO18/c1-3-5-7-9-11-13-15-17-19-21-23-25-27-29-31-33-35-37-39-41-43-45-47-49-51-53-55-57-59-61-63-65-72(93)71(89-76(94)66-64-62-60-58-56-54-52-50-48-46-44-42-40-38-36-34-32-30-28-26-24-22-20-18-16-14-12-10-8-6-4-2)70-102-86-82(100)79(97)84(74(68-91)104-86)107-88-83(101)80(98)85(75(69-92)105-88)106-87-81(99)78(96)77(95)73(67-90)103-87/h6,8,12,14,18,20,24,26,30,32,36,38,63,65,71-75,77-88,90-93,95-101H,3-5,7,9-11,13,15-17,19,21-23,25,27-29,31,33-35,37,39-62,64,66-70H2,1-2H3,(H,89,94)/b8-6-,14-12-,20-18-,26-24-,32-30-,38-36-,65-63+. The smallest absolute Gasteiger partial charge is 0.220 e. The average Bonchev–Trinajstić information content (AvgIpc) is 0.780. The van der Waals surface area contributed by atoms with Crippen LogP contribution in [0.25, 0.3) is 0 Å². The predicted molar refractivity (Wildman–Crippen MR) is 429 cm³/mol. The van der Waals surface area contributed by atoms with Crippen molar-refractivity contribution in [2.24, 2.45) is 0 Å². The molecular formula is C88H157NO18. The van der Waals surface area contributed by atoms with Gasteiger partial charge >= 0.3 is 0 Å². The second-order valence-corrected chi connectivity index (χ2v) is 30.6. The quantitative estimate of drug-likeness (QED) is 0.0199. The molecule has 0 aromatic rings. The highest BCUT2D eigenvalue weighted by molar-refractivity contribution is 5.76. The SMILES string of the molecule is CC/C=C\C/C=C\C/C=C\C/C=C\C/C=C\C/C=C\CCCCCCCCCCCCCCC(=O)NC(COC1OC(CO)C(OC2OC(CO)C(OC3OC(CO)C(O)C(O)C3O)C(O)C2O)C(O)C1O)C(O)/C=C/CCCCCCCCCCCCCCCCCCCCCCCCCCCCCCC. The molecule has 1 amide bonds. The number of nitrogens with one attached hydrogen (secondary N) is 1. The van der Waals surface area contributed by atoms with Crippen molar-refractivity contribution in [1.82, 2.24) is 5.32 Å². The molecule has 3 aliphatic rings. The zero-order valence-electron chi connectivity index (χ0n) is 66.9. The Bertz CT molecular complexity index is 2260. The van der Waals surface area contributed by atoms with Crippen molar-refractivity contribution in [3.05, 3.63) is 85.1 Å². The van der Waals surface area contributed by atoms with Gasteiger partial charge in [0.25, 0.3) is 0 Å². The van der Waals surface area contributed by atoms with Gasteiger partial charge in [-0.25, -0.2) is 0 Å². The molecule has 0 saturated carbocycles. The van der Waals surface area contributed by atoms with Gasteiger partial charge < -0.3 is 89.9 Å². The maximum Gasteiger partial charge on any atom is 0.220 e. The first-order chi connectivity index (χ1) is 52.3. The number of amides is 1. The molecule has 19 nitrogen and oxygen atoms in total. The fourth-order valence-electron chi connectivity index (χ4n) is 14.3. The molecule has 17 atom stereocenters. The highest BCUT2D eigenvalue weighted by Gasteiger charge is 2.54. The Morgan fingerprint density at radius 1 is 0.346 bits per heavy atom. The van der Waals surface area contributed by atoms with E-state index in [4.69, 9.17) is 28.4 Å². The van der Waals surface area contributed by atoms with Crippen molar-refractivity contribution < 1.29 is 89.4 Å². The van der Waals surface area contributed by atoms with Gasteiger partial charge in [-0.2, -0.15) is 0 Å². The molecule has 3 saturated heterocycles. The Balaban J connectivity index is 1.35. The molecule has 0 aliphatic carbocycles. The van der Waals surface area contributed by atoms with Gasteiger partial charge in [0.05, 0.1) is 38.6 Å². The number of ether oxygens (including phenoxy) is 6. The largest absolute Gasteiger partial charge is 0.394 e. The van der Waals surface area contributed by atoms with E-state index in [2.05, 4.69) is 92.1 Å². The van der Waals surface area contributed by atoms with Crippen LogP contribution in [0.5, 0.6) is 0 Å². The zero-order chi connectivity index (χ0) is 77.4. The molecule has 107 heavy (non-hydrogen) atoms. The van der Waals surface area contributed by atoms with Gasteiger partial charge in [0.1, 0.15) is 73.2 Å². The molecule has 0 aromatic heterocycles. The number of rotatable bonds is 69. The summed E-state index contributed by atoms with van der Waals surface area (Å²) in [5.41, 5.74) is 0. The first-order valence-electron chi connectivity index (χ1n) is 43.3. The minimum atomic E-state index is -1.98. The summed E-state index contributed by atoms with van der Waals surface area (Å²) in [4.78, 5) is 13.5. The first-order valence-corrected chi connectivity index (χ1v) is 43.3. The van der Waals surface area contributed by atoms with Crippen molar-refractivity contribution in [3.63, 3.8) is 0 Å². The molecule has 12 N–H and O–H groups in total. The van der Waals surface area contributed by atoms with Gasteiger partial charge in [0, 0.05) is 6.42 Å². The lowest BCUT2D eigenvalue weighted by molar-refractivity contribution is -0.379. The number of carbonyl (C=O) groups excluding carboxylic acids is 1. The van der Waals surface area contributed by atoms with Crippen LogP contribution in [0.1, 0.15) is 335 Å². The number of allylic oxidation sites excluding steroid dienone is 13. The lowest BCUT2D eigenvalue weighted by Crippen LogP contribution is -2.66. The van der Waals surface area contributed by atoms with Crippen LogP contribution in [0.4, 0.5) is 0 Å². The van der Waals surface area contributed by atoms with Crippen LogP contribution >= 0.6 is 0 Å². The van der Waals surface area contributed by atoms with Crippen molar-refractivity contribution >= 4 is 5.91 Å². The van der Waals surface area contributed by atoms with E-state index in [9.17, 15) is 61.0 Å². The van der Waals surface area contributed by atoms with Gasteiger partial charge in [0.2, 0.25) is 5.91 Å². The summed E-state index contributed by atoms with van der Waals surface area (Å²) in [5.74, 6) is -0.276. The number of hydrogen-bond acceptors (Lipinski definition) is 18. The van der Waals surface area contributed by atoms with E-state index in [-0.39, 0.29) is 18.9 Å². The van der Waals surface area contributed by atoms with Crippen molar-refractivity contribution in [1.29, 1.82) is 0 Å². The van der Waals surface area contributed by atoms with E-state index in [0.717, 1.165) is 96.3 Å². The fourth-order valence-corrected chi connectivity index (χ4v) is 14.3. The number of carbonyl (C=O) groups is 1. The molecule has 17 unspecified atom stereocenters. The minimum absolute atomic E-state index is 0.237. The van der Waals surface area contributed by atoms with E-state index in [1.807, 2.05) is 6.08 Å². The molecule has 0 radical (unpaired) electrons. The summed E-state index contributed by atoms with van der Waals surface area (Å²) in [6.45, 7) is 1.66. The molecule has 3 heterocycles. The Hall–Kier alpha value is -3.03. The lowest BCUT2D eigenvalue weighted by Gasteiger charge is -2.48.